The van der Waals surface area contributed by atoms with E-state index in [0.717, 1.165) is 41.1 Å². The van der Waals surface area contributed by atoms with Gasteiger partial charge in [-0.1, -0.05) is 24.3 Å². The molecule has 0 unspecified atom stereocenters. The van der Waals surface area contributed by atoms with E-state index in [9.17, 15) is 4.79 Å². The molecule has 0 spiro atoms. The third-order valence-corrected chi connectivity index (χ3v) is 4.87. The first-order chi connectivity index (χ1) is 14.3. The summed E-state index contributed by atoms with van der Waals surface area (Å²) >= 11 is 0. The number of fused-ring (bicyclic) bond motifs is 1. The van der Waals surface area contributed by atoms with Crippen LogP contribution in [0, 0.1) is 0 Å². The average Bonchev–Trinajstić information content (AvgIpc) is 3.20. The van der Waals surface area contributed by atoms with Crippen LogP contribution in [0.1, 0.15) is 6.42 Å². The van der Waals surface area contributed by atoms with Gasteiger partial charge in [0.05, 0.1) is 17.3 Å². The molecule has 1 fully saturated rings. The zero-order chi connectivity index (χ0) is 19.6. The van der Waals surface area contributed by atoms with E-state index < -0.39 is 0 Å². The molecule has 2 aromatic heterocycles. The normalized spacial score (nSPS) is 14.1. The molecule has 0 radical (unpaired) electrons. The van der Waals surface area contributed by atoms with E-state index in [1.54, 1.807) is 15.8 Å². The zero-order valence-corrected chi connectivity index (χ0v) is 15.6. The molecule has 8 heteroatoms. The molecule has 8 nitrogen and oxygen atoms in total. The van der Waals surface area contributed by atoms with E-state index in [0.29, 0.717) is 12.4 Å². The predicted molar refractivity (Wildman–Crippen MR) is 112 cm³/mol. The summed E-state index contributed by atoms with van der Waals surface area (Å²) in [6.45, 7) is 1.43. The van der Waals surface area contributed by atoms with Gasteiger partial charge in [0.1, 0.15) is 12.1 Å². The maximum Gasteiger partial charge on any atom is 0.321 e. The van der Waals surface area contributed by atoms with Crippen molar-refractivity contribution in [1.29, 1.82) is 0 Å². The fourth-order valence-electron chi connectivity index (χ4n) is 3.47. The van der Waals surface area contributed by atoms with Crippen molar-refractivity contribution in [2.75, 3.05) is 23.3 Å². The van der Waals surface area contributed by atoms with Gasteiger partial charge in [-0.05, 0) is 36.8 Å². The van der Waals surface area contributed by atoms with Gasteiger partial charge in [0.2, 0.25) is 0 Å². The fourth-order valence-corrected chi connectivity index (χ4v) is 3.47. The molecule has 2 amide bonds. The van der Waals surface area contributed by atoms with Crippen LogP contribution in [0.25, 0.3) is 16.7 Å². The second-order valence-corrected chi connectivity index (χ2v) is 6.76. The molecule has 1 saturated heterocycles. The molecule has 3 heterocycles. The van der Waals surface area contributed by atoms with Crippen LogP contribution >= 0.6 is 0 Å². The summed E-state index contributed by atoms with van der Waals surface area (Å²) in [6.07, 6.45) is 4.20. The maximum absolute atomic E-state index is 12.1. The number of benzene rings is 2. The molecule has 4 aromatic rings. The number of amides is 2. The maximum atomic E-state index is 12.1. The summed E-state index contributed by atoms with van der Waals surface area (Å²) < 4.78 is 1.79. The first-order valence-corrected chi connectivity index (χ1v) is 9.46. The summed E-state index contributed by atoms with van der Waals surface area (Å²) in [6, 6.07) is 17.5. The molecule has 29 heavy (non-hydrogen) atoms. The van der Waals surface area contributed by atoms with Gasteiger partial charge in [0.15, 0.2) is 5.65 Å². The minimum absolute atomic E-state index is 0.0676. The largest absolute Gasteiger partial charge is 0.339 e. The Balaban J connectivity index is 1.47. The van der Waals surface area contributed by atoms with Crippen LogP contribution in [0.4, 0.5) is 22.0 Å². The Labute approximate surface area is 167 Å². The number of rotatable bonds is 4. The molecular weight excluding hydrogens is 366 g/mol. The number of carbonyl (C=O) groups excluding carboxylic acids is 1. The Kier molecular flexibility index (Phi) is 4.28. The monoisotopic (exact) mass is 385 g/mol. The topological polar surface area (TPSA) is 88.0 Å². The second-order valence-electron chi connectivity index (χ2n) is 6.76. The highest BCUT2D eigenvalue weighted by molar-refractivity contribution is 5.94. The predicted octanol–water partition coefficient (Wildman–Crippen LogP) is 3.48. The van der Waals surface area contributed by atoms with Crippen molar-refractivity contribution in [1.82, 2.24) is 25.1 Å². The van der Waals surface area contributed by atoms with E-state index in [4.69, 9.17) is 0 Å². The number of anilines is 3. The molecule has 1 aliphatic rings. The first kappa shape index (κ1) is 17.2. The minimum atomic E-state index is -0.0676. The number of para-hydroxylation sites is 1. The molecule has 0 saturated carbocycles. The van der Waals surface area contributed by atoms with Crippen LogP contribution in [0.5, 0.6) is 0 Å². The molecule has 0 atom stereocenters. The number of nitrogens with zero attached hydrogens (tertiary/aromatic N) is 5. The van der Waals surface area contributed by atoms with Gasteiger partial charge in [-0.25, -0.2) is 19.4 Å². The number of carbonyl (C=O) groups is 1. The van der Waals surface area contributed by atoms with Crippen molar-refractivity contribution in [3.63, 3.8) is 0 Å². The molecule has 2 N–H and O–H groups in total. The lowest BCUT2D eigenvalue weighted by atomic mass is 10.2. The van der Waals surface area contributed by atoms with Crippen molar-refractivity contribution in [3.8, 4) is 5.69 Å². The number of hydrogen-bond donors (Lipinski definition) is 2. The van der Waals surface area contributed by atoms with Crippen LogP contribution in [0.3, 0.4) is 0 Å². The fraction of sp³-hybridized carbons (Fsp3) is 0.143. The van der Waals surface area contributed by atoms with Crippen LogP contribution in [0.15, 0.2) is 67.1 Å². The second kappa shape index (κ2) is 7.23. The molecule has 0 bridgehead atoms. The molecule has 1 aliphatic heterocycles. The van der Waals surface area contributed by atoms with Crippen LogP contribution in [0.2, 0.25) is 0 Å². The van der Waals surface area contributed by atoms with Crippen molar-refractivity contribution in [2.24, 2.45) is 0 Å². The van der Waals surface area contributed by atoms with Gasteiger partial charge in [-0.2, -0.15) is 5.10 Å². The average molecular weight is 385 g/mol. The highest BCUT2D eigenvalue weighted by Crippen LogP contribution is 2.27. The van der Waals surface area contributed by atoms with Crippen molar-refractivity contribution in [3.05, 3.63) is 67.1 Å². The van der Waals surface area contributed by atoms with Crippen molar-refractivity contribution in [2.45, 2.75) is 6.42 Å². The van der Waals surface area contributed by atoms with Gasteiger partial charge in [-0.3, -0.25) is 4.90 Å². The minimum Gasteiger partial charge on any atom is -0.339 e. The highest BCUT2D eigenvalue weighted by Gasteiger charge is 2.19. The van der Waals surface area contributed by atoms with Crippen LogP contribution in [-0.2, 0) is 0 Å². The highest BCUT2D eigenvalue weighted by atomic mass is 16.2. The standard InChI is InChI=1S/C21H19N7O/c29-21-22-10-5-11-27(21)17-9-4-6-15(12-17)26-19-18-13-25-28(20(18)24-14-23-19)16-7-2-1-3-8-16/h1-4,6-9,12-14H,5,10-11H2,(H,22,29)(H,23,24,26). The Morgan fingerprint density at radius 1 is 1.00 bits per heavy atom. The SMILES string of the molecule is O=C1NCCCN1c1cccc(Nc2ncnc3c2cnn3-c2ccccc2)c1. The third kappa shape index (κ3) is 3.25. The number of urea groups is 1. The molecule has 144 valence electrons. The lowest BCUT2D eigenvalue weighted by molar-refractivity contribution is 0.243. The number of hydrogen-bond acceptors (Lipinski definition) is 5. The van der Waals surface area contributed by atoms with Gasteiger partial charge >= 0.3 is 6.03 Å². The van der Waals surface area contributed by atoms with E-state index in [2.05, 4.69) is 25.7 Å². The smallest absolute Gasteiger partial charge is 0.321 e. The molecule has 0 aliphatic carbocycles. The van der Waals surface area contributed by atoms with Gasteiger partial charge in [0.25, 0.3) is 0 Å². The van der Waals surface area contributed by atoms with Crippen molar-refractivity contribution < 1.29 is 4.79 Å². The lowest BCUT2D eigenvalue weighted by Crippen LogP contribution is -2.46. The quantitative estimate of drug-likeness (QED) is 0.562. The summed E-state index contributed by atoms with van der Waals surface area (Å²) in [5, 5.41) is 11.5. The lowest BCUT2D eigenvalue weighted by Gasteiger charge is -2.27. The van der Waals surface area contributed by atoms with Crippen LogP contribution < -0.4 is 15.5 Å². The summed E-state index contributed by atoms with van der Waals surface area (Å²) in [5.74, 6) is 0.664. The molecule has 2 aromatic carbocycles. The van der Waals surface area contributed by atoms with Gasteiger partial charge in [0, 0.05) is 24.5 Å². The Hall–Kier alpha value is -3.94. The zero-order valence-electron chi connectivity index (χ0n) is 15.6. The van der Waals surface area contributed by atoms with Crippen LogP contribution in [-0.4, -0.2) is 38.9 Å². The molecular formula is C21H19N7O. The summed E-state index contributed by atoms with van der Waals surface area (Å²) in [7, 11) is 0. The van der Waals surface area contributed by atoms with Crippen molar-refractivity contribution >= 4 is 34.3 Å². The Morgan fingerprint density at radius 3 is 2.72 bits per heavy atom. The van der Waals surface area contributed by atoms with E-state index in [1.807, 2.05) is 54.6 Å². The first-order valence-electron chi connectivity index (χ1n) is 9.46. The summed E-state index contributed by atoms with van der Waals surface area (Å²) in [4.78, 5) is 22.7. The summed E-state index contributed by atoms with van der Waals surface area (Å²) in [5.41, 5.74) is 3.34. The van der Waals surface area contributed by atoms with Gasteiger partial charge < -0.3 is 10.6 Å². The van der Waals surface area contributed by atoms with Gasteiger partial charge in [-0.15, -0.1) is 0 Å². The molecule has 5 rings (SSSR count). The van der Waals surface area contributed by atoms with E-state index in [1.165, 1.54) is 6.33 Å². The Bertz CT molecular complexity index is 1170. The number of nitrogens with one attached hydrogen (secondary N) is 2. The number of aromatic nitrogens is 4. The Morgan fingerprint density at radius 2 is 1.86 bits per heavy atom. The van der Waals surface area contributed by atoms with E-state index >= 15 is 0 Å². The van der Waals surface area contributed by atoms with E-state index in [-0.39, 0.29) is 6.03 Å². The third-order valence-electron chi connectivity index (χ3n) is 4.87.